The van der Waals surface area contributed by atoms with E-state index < -0.39 is 0 Å². The van der Waals surface area contributed by atoms with Gasteiger partial charge in [0.05, 0.1) is 6.61 Å². The van der Waals surface area contributed by atoms with E-state index in [2.05, 4.69) is 12.0 Å². The molecule has 1 aliphatic heterocycles. The van der Waals surface area contributed by atoms with Crippen LogP contribution in [0.2, 0.25) is 0 Å². The van der Waals surface area contributed by atoms with E-state index in [9.17, 15) is 0 Å². The van der Waals surface area contributed by atoms with E-state index in [-0.39, 0.29) is 0 Å². The smallest absolute Gasteiger partial charge is 0.0682 e. The Morgan fingerprint density at radius 1 is 1.20 bits per heavy atom. The van der Waals surface area contributed by atoms with Crippen molar-refractivity contribution in [2.24, 2.45) is 0 Å². The molecule has 0 aromatic rings. The van der Waals surface area contributed by atoms with Gasteiger partial charge in [-0.15, -0.1) is 0 Å². The molecule has 0 radical (unpaired) electrons. The molecule has 1 fully saturated rings. The van der Waals surface area contributed by atoms with E-state index in [1.165, 1.54) is 19.3 Å². The molecule has 0 atom stereocenters. The van der Waals surface area contributed by atoms with Crippen molar-refractivity contribution in [2.75, 3.05) is 19.7 Å². The third kappa shape index (κ3) is 2.67. The second-order valence-electron chi connectivity index (χ2n) is 2.82. The molecule has 1 rings (SSSR count). The minimum absolute atomic E-state index is 0.889. The lowest BCUT2D eigenvalue weighted by molar-refractivity contribution is -0.168. The average molecular weight is 143 g/mol. The second kappa shape index (κ2) is 4.69. The Balaban J connectivity index is 2.02. The Kier molecular flexibility index (Phi) is 3.76. The van der Waals surface area contributed by atoms with Gasteiger partial charge < -0.3 is 0 Å². The number of nitrogens with zero attached hydrogens (tertiary/aromatic N) is 1. The normalized spacial score (nSPS) is 21.3. The standard InChI is InChI=1S/C8H17NO/c1-2-8-10-9-6-4-3-5-7-9/h2-8H2,1H3. The third-order valence-electron chi connectivity index (χ3n) is 1.79. The van der Waals surface area contributed by atoms with Gasteiger partial charge in [-0.2, -0.15) is 5.06 Å². The van der Waals surface area contributed by atoms with Gasteiger partial charge in [0, 0.05) is 13.1 Å². The molecule has 1 heterocycles. The fraction of sp³-hybridized carbons (Fsp3) is 1.00. The quantitative estimate of drug-likeness (QED) is 0.597. The average Bonchev–Trinajstić information content (AvgIpc) is 2.03. The molecule has 0 aliphatic carbocycles. The molecule has 60 valence electrons. The molecule has 0 saturated carbocycles. The van der Waals surface area contributed by atoms with Crippen LogP contribution in [0, 0.1) is 0 Å². The first kappa shape index (κ1) is 8.02. The Morgan fingerprint density at radius 2 is 1.90 bits per heavy atom. The molecule has 0 spiro atoms. The summed E-state index contributed by atoms with van der Waals surface area (Å²) >= 11 is 0. The molecule has 1 aliphatic rings. The van der Waals surface area contributed by atoms with Crippen LogP contribution in [0.3, 0.4) is 0 Å². The zero-order chi connectivity index (χ0) is 7.23. The largest absolute Gasteiger partial charge is 0.299 e. The Hall–Kier alpha value is -0.0800. The maximum atomic E-state index is 5.47. The van der Waals surface area contributed by atoms with Gasteiger partial charge in [0.2, 0.25) is 0 Å². The molecular formula is C8H17NO. The summed E-state index contributed by atoms with van der Waals surface area (Å²) in [5.41, 5.74) is 0. The summed E-state index contributed by atoms with van der Waals surface area (Å²) < 4.78 is 0. The van der Waals surface area contributed by atoms with Gasteiger partial charge in [0.15, 0.2) is 0 Å². The second-order valence-corrected chi connectivity index (χ2v) is 2.82. The van der Waals surface area contributed by atoms with Crippen LogP contribution in [0.4, 0.5) is 0 Å². The molecule has 10 heavy (non-hydrogen) atoms. The van der Waals surface area contributed by atoms with Crippen molar-refractivity contribution >= 4 is 0 Å². The van der Waals surface area contributed by atoms with Crippen LogP contribution >= 0.6 is 0 Å². The first-order valence-electron chi connectivity index (χ1n) is 4.31. The molecule has 0 amide bonds. The number of hydroxylamine groups is 2. The number of hydrogen-bond donors (Lipinski definition) is 0. The highest BCUT2D eigenvalue weighted by atomic mass is 16.7. The van der Waals surface area contributed by atoms with Crippen molar-refractivity contribution < 1.29 is 4.84 Å². The van der Waals surface area contributed by atoms with Crippen molar-refractivity contribution in [3.05, 3.63) is 0 Å². The van der Waals surface area contributed by atoms with E-state index in [0.717, 1.165) is 26.1 Å². The van der Waals surface area contributed by atoms with Crippen molar-refractivity contribution in [1.82, 2.24) is 5.06 Å². The lowest BCUT2D eigenvalue weighted by atomic mass is 10.2. The molecule has 2 heteroatoms. The van der Waals surface area contributed by atoms with Crippen LogP contribution in [-0.4, -0.2) is 24.8 Å². The van der Waals surface area contributed by atoms with Gasteiger partial charge in [0.1, 0.15) is 0 Å². The van der Waals surface area contributed by atoms with Crippen LogP contribution < -0.4 is 0 Å². The fourth-order valence-electron chi connectivity index (χ4n) is 1.21. The summed E-state index contributed by atoms with van der Waals surface area (Å²) in [6.45, 7) is 5.31. The van der Waals surface area contributed by atoms with Crippen molar-refractivity contribution in [3.8, 4) is 0 Å². The monoisotopic (exact) mass is 143 g/mol. The Morgan fingerprint density at radius 3 is 2.50 bits per heavy atom. The summed E-state index contributed by atoms with van der Waals surface area (Å²) in [5, 5.41) is 2.10. The third-order valence-corrected chi connectivity index (χ3v) is 1.79. The maximum Gasteiger partial charge on any atom is 0.0682 e. The fourth-order valence-corrected chi connectivity index (χ4v) is 1.21. The number of piperidine rings is 1. The lowest BCUT2D eigenvalue weighted by Crippen LogP contribution is -2.30. The van der Waals surface area contributed by atoms with Crippen LogP contribution in [-0.2, 0) is 4.84 Å². The van der Waals surface area contributed by atoms with E-state index >= 15 is 0 Å². The summed E-state index contributed by atoms with van der Waals surface area (Å²) in [6.07, 6.45) is 5.12. The molecule has 0 unspecified atom stereocenters. The van der Waals surface area contributed by atoms with E-state index in [1.54, 1.807) is 0 Å². The molecular weight excluding hydrogens is 126 g/mol. The molecule has 1 saturated heterocycles. The Labute approximate surface area is 63.1 Å². The van der Waals surface area contributed by atoms with Gasteiger partial charge in [0.25, 0.3) is 0 Å². The minimum atomic E-state index is 0.889. The van der Waals surface area contributed by atoms with E-state index in [0.29, 0.717) is 0 Å². The minimum Gasteiger partial charge on any atom is -0.299 e. The number of hydrogen-bond acceptors (Lipinski definition) is 2. The maximum absolute atomic E-state index is 5.47. The highest BCUT2D eigenvalue weighted by Gasteiger charge is 2.08. The molecule has 0 N–H and O–H groups in total. The van der Waals surface area contributed by atoms with Crippen LogP contribution in [0.1, 0.15) is 32.6 Å². The van der Waals surface area contributed by atoms with Gasteiger partial charge in [-0.25, -0.2) is 0 Å². The first-order chi connectivity index (χ1) is 4.93. The first-order valence-corrected chi connectivity index (χ1v) is 4.31. The van der Waals surface area contributed by atoms with Crippen molar-refractivity contribution in [3.63, 3.8) is 0 Å². The van der Waals surface area contributed by atoms with E-state index in [4.69, 9.17) is 4.84 Å². The predicted octanol–water partition coefficient (Wildman–Crippen LogP) is 1.81. The topological polar surface area (TPSA) is 12.5 Å². The van der Waals surface area contributed by atoms with Crippen LogP contribution in [0.5, 0.6) is 0 Å². The SMILES string of the molecule is CCCON1CCCCC1. The van der Waals surface area contributed by atoms with Gasteiger partial charge in [-0.1, -0.05) is 13.3 Å². The molecule has 0 aromatic carbocycles. The zero-order valence-corrected chi connectivity index (χ0v) is 6.81. The summed E-state index contributed by atoms with van der Waals surface area (Å²) in [7, 11) is 0. The highest BCUT2D eigenvalue weighted by Crippen LogP contribution is 2.08. The zero-order valence-electron chi connectivity index (χ0n) is 6.81. The van der Waals surface area contributed by atoms with Gasteiger partial charge in [-0.3, -0.25) is 4.84 Å². The van der Waals surface area contributed by atoms with Gasteiger partial charge in [-0.05, 0) is 19.3 Å². The predicted molar refractivity (Wildman–Crippen MR) is 41.7 cm³/mol. The van der Waals surface area contributed by atoms with Crippen LogP contribution in [0.15, 0.2) is 0 Å². The summed E-state index contributed by atoms with van der Waals surface area (Å²) in [4.78, 5) is 5.47. The molecule has 0 bridgehead atoms. The highest BCUT2D eigenvalue weighted by molar-refractivity contribution is 4.55. The molecule has 2 nitrogen and oxygen atoms in total. The van der Waals surface area contributed by atoms with Gasteiger partial charge >= 0.3 is 0 Å². The number of rotatable bonds is 3. The van der Waals surface area contributed by atoms with Crippen molar-refractivity contribution in [2.45, 2.75) is 32.6 Å². The molecule has 0 aromatic heterocycles. The summed E-state index contributed by atoms with van der Waals surface area (Å²) in [5.74, 6) is 0. The summed E-state index contributed by atoms with van der Waals surface area (Å²) in [6, 6.07) is 0. The van der Waals surface area contributed by atoms with E-state index in [1.807, 2.05) is 0 Å². The van der Waals surface area contributed by atoms with Crippen LogP contribution in [0.25, 0.3) is 0 Å². The van der Waals surface area contributed by atoms with Crippen molar-refractivity contribution in [1.29, 1.82) is 0 Å². The lowest BCUT2D eigenvalue weighted by Gasteiger charge is -2.25. The Bertz CT molecular complexity index is 79.3.